The predicted octanol–water partition coefficient (Wildman–Crippen LogP) is 5.25. The van der Waals surface area contributed by atoms with E-state index in [1.54, 1.807) is 4.57 Å². The zero-order valence-corrected chi connectivity index (χ0v) is 24.7. The highest BCUT2D eigenvalue weighted by Gasteiger charge is 2.54. The highest BCUT2D eigenvalue weighted by Crippen LogP contribution is 2.46. The summed E-state index contributed by atoms with van der Waals surface area (Å²) in [6.07, 6.45) is 6.21. The Hall–Kier alpha value is -1.85. The monoisotopic (exact) mass is 521 g/mol. The average Bonchev–Trinajstić information content (AvgIpc) is 3.26. The van der Waals surface area contributed by atoms with Crippen molar-refractivity contribution in [3.05, 3.63) is 12.4 Å². The van der Waals surface area contributed by atoms with Gasteiger partial charge in [-0.25, -0.2) is 4.98 Å². The van der Waals surface area contributed by atoms with Crippen molar-refractivity contribution >= 4 is 33.6 Å². The third-order valence-corrected chi connectivity index (χ3v) is 16.9. The van der Waals surface area contributed by atoms with Crippen LogP contribution in [0.5, 0.6) is 0 Å². The van der Waals surface area contributed by atoms with Crippen molar-refractivity contribution in [3.63, 3.8) is 0 Å². The molecule has 2 aromatic heterocycles. The van der Waals surface area contributed by atoms with Crippen molar-refractivity contribution in [1.82, 2.24) is 19.5 Å². The Morgan fingerprint density at radius 1 is 1.17 bits per heavy atom. The molecule has 0 aromatic carbocycles. The van der Waals surface area contributed by atoms with Crippen molar-refractivity contribution in [2.45, 2.75) is 102 Å². The number of hydrogen-bond acceptors (Lipinski definition) is 7. The van der Waals surface area contributed by atoms with Crippen LogP contribution in [0.25, 0.3) is 11.2 Å². The van der Waals surface area contributed by atoms with Gasteiger partial charge >= 0.3 is 6.08 Å². The second-order valence-electron chi connectivity index (χ2n) is 12.5. The predicted molar refractivity (Wildman–Crippen MR) is 141 cm³/mol. The first-order valence-corrected chi connectivity index (χ1v) is 17.8. The third kappa shape index (κ3) is 5.18. The van der Waals surface area contributed by atoms with Crippen LogP contribution >= 0.6 is 0 Å². The summed E-state index contributed by atoms with van der Waals surface area (Å²) in [5.74, 6) is 2.87. The summed E-state index contributed by atoms with van der Waals surface area (Å²) in [6, 6.07) is 0. The number of fused-ring (bicyclic) bond motifs is 1. The lowest BCUT2D eigenvalue weighted by Gasteiger charge is -2.43. The molecule has 35 heavy (non-hydrogen) atoms. The molecule has 0 saturated carbocycles. The minimum atomic E-state index is -2.22. The Balaban J connectivity index is 2.03. The van der Waals surface area contributed by atoms with Crippen LogP contribution in [0, 0.1) is 18.4 Å². The summed E-state index contributed by atoms with van der Waals surface area (Å²) >= 11 is 0. The van der Waals surface area contributed by atoms with Gasteiger partial charge in [-0.05, 0) is 36.3 Å². The molecule has 0 amide bonds. The number of nitrogens with two attached hydrogens (primary N) is 1. The van der Waals surface area contributed by atoms with E-state index < -0.39 is 40.6 Å². The Morgan fingerprint density at radius 3 is 2.31 bits per heavy atom. The number of halogens is 1. The van der Waals surface area contributed by atoms with Crippen LogP contribution in [-0.4, -0.2) is 54.5 Å². The van der Waals surface area contributed by atoms with E-state index in [9.17, 15) is 4.39 Å². The molecule has 1 fully saturated rings. The Kier molecular flexibility index (Phi) is 7.07. The summed E-state index contributed by atoms with van der Waals surface area (Å²) in [4.78, 5) is 11.8. The molecule has 2 N–H and O–H groups in total. The van der Waals surface area contributed by atoms with E-state index in [1.807, 2.05) is 0 Å². The topological polar surface area (TPSA) is 97.3 Å². The first-order valence-electron chi connectivity index (χ1n) is 12.0. The standard InChI is InChI=1S/C24H40FN5O3Si2/c1-12-24(14-31-34(8,9)22(2,3)4)16(33-35(10,11)23(5,6)7)13-17(32-24)30-15-27-18-19(26)28-21(25)29-20(18)30/h1,15-17H,13-14H2,2-11H3,(H2,26,28,29)/t16?,17-,24-/m1/s1. The fourth-order valence-electron chi connectivity index (χ4n) is 3.51. The van der Waals surface area contributed by atoms with Crippen molar-refractivity contribution in [3.8, 4) is 12.3 Å². The zero-order chi connectivity index (χ0) is 26.6. The summed E-state index contributed by atoms with van der Waals surface area (Å²) in [6.45, 7) is 22.0. The van der Waals surface area contributed by atoms with Crippen molar-refractivity contribution in [2.75, 3.05) is 12.3 Å². The van der Waals surface area contributed by atoms with Gasteiger partial charge in [0.25, 0.3) is 0 Å². The van der Waals surface area contributed by atoms with Gasteiger partial charge in [0.2, 0.25) is 0 Å². The van der Waals surface area contributed by atoms with Crippen LogP contribution in [0.3, 0.4) is 0 Å². The normalized spacial score (nSPS) is 24.2. The average molecular weight is 522 g/mol. The molecule has 3 heterocycles. The second-order valence-corrected chi connectivity index (χ2v) is 22.0. The van der Waals surface area contributed by atoms with Gasteiger partial charge in [0.05, 0.1) is 19.0 Å². The van der Waals surface area contributed by atoms with Crippen LogP contribution in [0.2, 0.25) is 36.3 Å². The molecule has 3 rings (SSSR count). The first-order chi connectivity index (χ1) is 15.8. The van der Waals surface area contributed by atoms with Gasteiger partial charge < -0.3 is 19.3 Å². The lowest BCUT2D eigenvalue weighted by atomic mass is 9.99. The largest absolute Gasteiger partial charge is 0.413 e. The number of nitrogens with zero attached hydrogens (tertiary/aromatic N) is 4. The number of rotatable bonds is 6. The summed E-state index contributed by atoms with van der Waals surface area (Å²) in [7, 11) is -4.36. The van der Waals surface area contributed by atoms with E-state index in [2.05, 4.69) is 88.6 Å². The molecule has 3 atom stereocenters. The Labute approximate surface area is 210 Å². The highest BCUT2D eigenvalue weighted by atomic mass is 28.4. The van der Waals surface area contributed by atoms with Gasteiger partial charge in [0, 0.05) is 6.42 Å². The Bertz CT molecular complexity index is 1130. The lowest BCUT2D eigenvalue weighted by molar-refractivity contribution is -0.0838. The molecule has 2 aromatic rings. The van der Waals surface area contributed by atoms with E-state index >= 15 is 0 Å². The number of hydrogen-bond donors (Lipinski definition) is 1. The molecule has 1 aliphatic rings. The molecular formula is C24H40FN5O3Si2. The zero-order valence-electron chi connectivity index (χ0n) is 22.7. The minimum absolute atomic E-state index is 0.00308. The molecule has 1 saturated heterocycles. The van der Waals surface area contributed by atoms with E-state index in [-0.39, 0.29) is 28.1 Å². The molecule has 0 spiro atoms. The summed E-state index contributed by atoms with van der Waals surface area (Å²) in [5.41, 5.74) is 5.31. The second kappa shape index (κ2) is 8.92. The number of ether oxygens (including phenoxy) is 1. The van der Waals surface area contributed by atoms with E-state index in [1.165, 1.54) is 6.33 Å². The van der Waals surface area contributed by atoms with E-state index in [0.29, 0.717) is 11.9 Å². The quantitative estimate of drug-likeness (QED) is 0.315. The summed E-state index contributed by atoms with van der Waals surface area (Å²) < 4.78 is 35.6. The number of imidazole rings is 1. The lowest BCUT2D eigenvalue weighted by Crippen LogP contribution is -2.54. The minimum Gasteiger partial charge on any atom is -0.413 e. The van der Waals surface area contributed by atoms with E-state index in [4.69, 9.17) is 25.7 Å². The molecular weight excluding hydrogens is 481 g/mol. The van der Waals surface area contributed by atoms with Gasteiger partial charge in [0.1, 0.15) is 6.23 Å². The molecule has 0 bridgehead atoms. The fraction of sp³-hybridized carbons (Fsp3) is 0.708. The van der Waals surface area contributed by atoms with Gasteiger partial charge in [-0.2, -0.15) is 14.4 Å². The molecule has 1 aliphatic heterocycles. The summed E-state index contributed by atoms with van der Waals surface area (Å²) in [5, 5.41) is -0.0265. The van der Waals surface area contributed by atoms with Crippen LogP contribution < -0.4 is 5.73 Å². The number of nitrogen functional groups attached to an aromatic ring is 1. The van der Waals surface area contributed by atoms with Crippen LogP contribution in [0.4, 0.5) is 10.2 Å². The maximum absolute atomic E-state index is 14.0. The number of aromatic nitrogens is 4. The molecule has 0 radical (unpaired) electrons. The van der Waals surface area contributed by atoms with Gasteiger partial charge in [0.15, 0.2) is 39.2 Å². The smallest absolute Gasteiger partial charge is 0.312 e. The van der Waals surface area contributed by atoms with Crippen LogP contribution in [0.15, 0.2) is 6.33 Å². The fourth-order valence-corrected chi connectivity index (χ4v) is 5.87. The van der Waals surface area contributed by atoms with Gasteiger partial charge in [-0.1, -0.05) is 47.5 Å². The molecule has 0 aliphatic carbocycles. The van der Waals surface area contributed by atoms with Crippen LogP contribution in [0.1, 0.15) is 54.2 Å². The Morgan fingerprint density at radius 2 is 1.77 bits per heavy atom. The molecule has 194 valence electrons. The van der Waals surface area contributed by atoms with Crippen molar-refractivity contribution in [1.29, 1.82) is 0 Å². The SMILES string of the molecule is C#C[C@]1(CO[Si](C)(C)C(C)(C)C)O[C@@H](n2cnc3c(N)nc(F)nc32)CC1O[Si](C)(C)C(C)(C)C. The highest BCUT2D eigenvalue weighted by molar-refractivity contribution is 6.74. The maximum Gasteiger partial charge on any atom is 0.312 e. The number of anilines is 1. The van der Waals surface area contributed by atoms with Gasteiger partial charge in [-0.15, -0.1) is 6.42 Å². The van der Waals surface area contributed by atoms with Gasteiger partial charge in [-0.3, -0.25) is 4.57 Å². The molecule has 11 heteroatoms. The first kappa shape index (κ1) is 27.7. The molecule has 1 unspecified atom stereocenters. The molecule has 8 nitrogen and oxygen atoms in total. The third-order valence-electron chi connectivity index (χ3n) is 7.95. The van der Waals surface area contributed by atoms with E-state index in [0.717, 1.165) is 0 Å². The van der Waals surface area contributed by atoms with Crippen molar-refractivity contribution < 1.29 is 18.0 Å². The van der Waals surface area contributed by atoms with Crippen LogP contribution in [-0.2, 0) is 13.6 Å². The number of terminal acetylenes is 1. The maximum atomic E-state index is 14.0. The van der Waals surface area contributed by atoms with Crippen molar-refractivity contribution in [2.24, 2.45) is 0 Å².